The van der Waals surface area contributed by atoms with E-state index in [-0.39, 0.29) is 0 Å². The highest BCUT2D eigenvalue weighted by atomic mass is 16.5. The average Bonchev–Trinajstić information content (AvgIpc) is 2.24. The molecule has 0 aliphatic carbocycles. The third-order valence-electron chi connectivity index (χ3n) is 1.79. The van der Waals surface area contributed by atoms with Crippen LogP contribution in [0.2, 0.25) is 0 Å². The van der Waals surface area contributed by atoms with E-state index in [1.807, 2.05) is 0 Å². The molecule has 2 atom stereocenters. The van der Waals surface area contributed by atoms with Crippen molar-refractivity contribution in [2.45, 2.75) is 26.3 Å². The van der Waals surface area contributed by atoms with Crippen LogP contribution < -0.4 is 21.5 Å². The summed E-state index contributed by atoms with van der Waals surface area (Å²) >= 11 is 0. The fraction of sp³-hybridized carbons (Fsp3) is 0.667. The Balaban J connectivity index is 2.68. The van der Waals surface area contributed by atoms with Crippen LogP contribution in [0.15, 0.2) is 17.0 Å². The van der Waals surface area contributed by atoms with E-state index < -0.39 is 12.5 Å². The summed E-state index contributed by atoms with van der Waals surface area (Å²) in [6.07, 6.45) is 0.136. The number of methoxy groups -OCH3 is 1. The van der Waals surface area contributed by atoms with Gasteiger partial charge in [-0.2, -0.15) is 5.43 Å². The molecule has 18 heavy (non-hydrogen) atoms. The lowest BCUT2D eigenvalue weighted by atomic mass is 10.4. The SMILES string of the molecule is COCNC1=CC(NC(C)O)=NN(NC(C)O)N1. The number of hydrogen-bond acceptors (Lipinski definition) is 9. The minimum atomic E-state index is -0.782. The predicted octanol–water partition coefficient (Wildman–Crippen LogP) is -2.07. The highest BCUT2D eigenvalue weighted by Crippen LogP contribution is 1.98. The van der Waals surface area contributed by atoms with Gasteiger partial charge >= 0.3 is 0 Å². The van der Waals surface area contributed by atoms with Gasteiger partial charge in [0.25, 0.3) is 0 Å². The fourth-order valence-corrected chi connectivity index (χ4v) is 1.21. The maximum absolute atomic E-state index is 9.26. The minimum Gasteiger partial charge on any atom is -0.377 e. The molecule has 6 N–H and O–H groups in total. The molecule has 1 aliphatic rings. The topological polar surface area (TPSA) is 113 Å². The number of hydrazine groups is 2. The molecule has 9 heteroatoms. The number of ether oxygens (including phenoxy) is 1. The van der Waals surface area contributed by atoms with E-state index in [2.05, 4.69) is 26.6 Å². The quantitative estimate of drug-likeness (QED) is 0.302. The normalized spacial score (nSPS) is 18.4. The summed E-state index contributed by atoms with van der Waals surface area (Å²) in [7, 11) is 1.56. The number of aliphatic hydroxyl groups is 2. The number of hydrazone groups is 1. The van der Waals surface area contributed by atoms with Crippen molar-refractivity contribution in [1.82, 2.24) is 26.7 Å². The highest BCUT2D eigenvalue weighted by molar-refractivity contribution is 5.93. The van der Waals surface area contributed by atoms with Crippen LogP contribution in [0.1, 0.15) is 13.8 Å². The molecule has 0 aromatic rings. The van der Waals surface area contributed by atoms with Crippen LogP contribution in [0.25, 0.3) is 0 Å². The predicted molar refractivity (Wildman–Crippen MR) is 65.1 cm³/mol. The second-order valence-electron chi connectivity index (χ2n) is 3.70. The molecule has 0 aromatic heterocycles. The fourth-order valence-electron chi connectivity index (χ4n) is 1.21. The number of nitrogens with zero attached hydrogens (tertiary/aromatic N) is 2. The smallest absolute Gasteiger partial charge is 0.155 e. The largest absolute Gasteiger partial charge is 0.377 e. The summed E-state index contributed by atoms with van der Waals surface area (Å²) in [5.41, 5.74) is 5.48. The second-order valence-corrected chi connectivity index (χ2v) is 3.70. The number of nitrogens with one attached hydrogen (secondary N) is 4. The van der Waals surface area contributed by atoms with Crippen molar-refractivity contribution < 1.29 is 14.9 Å². The zero-order chi connectivity index (χ0) is 13.5. The molecular weight excluding hydrogens is 240 g/mol. The molecule has 2 unspecified atom stereocenters. The first kappa shape index (κ1) is 14.5. The molecule has 0 amide bonds. The first-order chi connectivity index (χ1) is 8.51. The van der Waals surface area contributed by atoms with E-state index in [0.717, 1.165) is 0 Å². The summed E-state index contributed by atoms with van der Waals surface area (Å²) in [4.78, 5) is 0. The lowest BCUT2D eigenvalue weighted by Crippen LogP contribution is -2.53. The Bertz CT molecular complexity index is 317. The van der Waals surface area contributed by atoms with Crippen molar-refractivity contribution in [3.8, 4) is 0 Å². The molecule has 0 radical (unpaired) electrons. The third-order valence-corrected chi connectivity index (χ3v) is 1.79. The van der Waals surface area contributed by atoms with Crippen LogP contribution in [0, 0.1) is 0 Å². The molecule has 0 bridgehead atoms. The van der Waals surface area contributed by atoms with Gasteiger partial charge in [-0.05, 0) is 13.8 Å². The van der Waals surface area contributed by atoms with E-state index >= 15 is 0 Å². The van der Waals surface area contributed by atoms with Gasteiger partial charge in [0.2, 0.25) is 0 Å². The zero-order valence-electron chi connectivity index (χ0n) is 10.6. The summed E-state index contributed by atoms with van der Waals surface area (Å²) in [5.74, 6) is 1.03. The van der Waals surface area contributed by atoms with Gasteiger partial charge in [0.15, 0.2) is 5.84 Å². The van der Waals surface area contributed by atoms with Crippen LogP contribution in [-0.2, 0) is 4.74 Å². The molecule has 0 fully saturated rings. The highest BCUT2D eigenvalue weighted by Gasteiger charge is 2.14. The monoisotopic (exact) mass is 260 g/mol. The zero-order valence-corrected chi connectivity index (χ0v) is 10.6. The Morgan fingerprint density at radius 3 is 2.72 bits per heavy atom. The standard InChI is InChI=1S/C9H20N6O3/c1-6(16)11-9-4-8(10-5-18-3)13-15(14-9)12-7(2)17/h4,6-7,10,12-13,16-17H,5H2,1-3H3,(H,11,14). The Kier molecular flexibility index (Phi) is 5.65. The number of amidine groups is 1. The molecule has 0 saturated heterocycles. The Morgan fingerprint density at radius 2 is 2.17 bits per heavy atom. The molecule has 104 valence electrons. The van der Waals surface area contributed by atoms with Crippen molar-refractivity contribution in [3.63, 3.8) is 0 Å². The van der Waals surface area contributed by atoms with Gasteiger partial charge in [0.05, 0.1) is 0 Å². The van der Waals surface area contributed by atoms with Crippen LogP contribution in [0.5, 0.6) is 0 Å². The third kappa shape index (κ3) is 5.19. The number of aliphatic hydroxyl groups excluding tert-OH is 2. The van der Waals surface area contributed by atoms with Crippen molar-refractivity contribution in [2.24, 2.45) is 5.10 Å². The van der Waals surface area contributed by atoms with E-state index in [1.165, 1.54) is 5.23 Å². The van der Waals surface area contributed by atoms with E-state index in [1.54, 1.807) is 27.0 Å². The van der Waals surface area contributed by atoms with Crippen LogP contribution in [-0.4, -0.2) is 47.6 Å². The summed E-state index contributed by atoms with van der Waals surface area (Å²) in [6, 6.07) is 0. The molecule has 0 aromatic carbocycles. The van der Waals surface area contributed by atoms with Crippen molar-refractivity contribution >= 4 is 5.84 Å². The van der Waals surface area contributed by atoms with Crippen LogP contribution in [0.3, 0.4) is 0 Å². The Morgan fingerprint density at radius 1 is 1.44 bits per heavy atom. The van der Waals surface area contributed by atoms with Gasteiger partial charge in [-0.15, -0.1) is 10.3 Å². The molecule has 0 saturated carbocycles. The maximum atomic E-state index is 9.26. The molecule has 1 heterocycles. The summed E-state index contributed by atoms with van der Waals surface area (Å²) in [5, 5.41) is 29.5. The van der Waals surface area contributed by atoms with Gasteiger partial charge in [-0.3, -0.25) is 5.43 Å². The van der Waals surface area contributed by atoms with Gasteiger partial charge in [0.1, 0.15) is 25.0 Å². The molecule has 9 nitrogen and oxygen atoms in total. The first-order valence-electron chi connectivity index (χ1n) is 5.50. The summed E-state index contributed by atoms with van der Waals surface area (Å²) in [6.45, 7) is 3.44. The first-order valence-corrected chi connectivity index (χ1v) is 5.50. The Hall–Kier alpha value is -1.55. The molecule has 1 aliphatic heterocycles. The minimum absolute atomic E-state index is 0.309. The molecular formula is C9H20N6O3. The van der Waals surface area contributed by atoms with Gasteiger partial charge < -0.3 is 25.6 Å². The lowest BCUT2D eigenvalue weighted by molar-refractivity contribution is 0.0173. The van der Waals surface area contributed by atoms with Gasteiger partial charge in [-0.1, -0.05) is 0 Å². The van der Waals surface area contributed by atoms with E-state index in [9.17, 15) is 10.2 Å². The van der Waals surface area contributed by atoms with Crippen LogP contribution in [0.4, 0.5) is 0 Å². The van der Waals surface area contributed by atoms with Crippen LogP contribution >= 0.6 is 0 Å². The summed E-state index contributed by atoms with van der Waals surface area (Å²) < 4.78 is 4.89. The van der Waals surface area contributed by atoms with Gasteiger partial charge in [-0.25, -0.2) is 0 Å². The van der Waals surface area contributed by atoms with E-state index in [4.69, 9.17) is 4.74 Å². The lowest BCUT2D eigenvalue weighted by Gasteiger charge is -2.29. The second kappa shape index (κ2) is 7.01. The maximum Gasteiger partial charge on any atom is 0.155 e. The van der Waals surface area contributed by atoms with Crippen molar-refractivity contribution in [1.29, 1.82) is 0 Å². The number of hydrogen-bond donors (Lipinski definition) is 6. The van der Waals surface area contributed by atoms with Crippen molar-refractivity contribution in [3.05, 3.63) is 11.9 Å². The van der Waals surface area contributed by atoms with Gasteiger partial charge in [0, 0.05) is 13.2 Å². The molecule has 0 spiro atoms. The average molecular weight is 260 g/mol. The number of rotatable bonds is 6. The van der Waals surface area contributed by atoms with E-state index in [0.29, 0.717) is 18.4 Å². The molecule has 1 rings (SSSR count). The Labute approximate surface area is 105 Å². The van der Waals surface area contributed by atoms with Crippen molar-refractivity contribution in [2.75, 3.05) is 13.8 Å².